The minimum atomic E-state index is -0.719. The van der Waals surface area contributed by atoms with E-state index in [-0.39, 0.29) is 67.9 Å². The van der Waals surface area contributed by atoms with Gasteiger partial charge in [-0.3, -0.25) is 14.4 Å². The molecule has 216 valence electrons. The SMILES string of the molecule is C.C.C.C.CCCN(C)CCC(=O)O.CCCN(C)CCC(=O)OCCOC(=O)CCCCCO. The normalized spacial score (nSPS) is 9.34. The molecule has 0 aromatic heterocycles. The Hall–Kier alpha value is -1.71. The standard InChI is InChI=1S/C15H29NO5.C7H15NO2.4CH4/c1-3-9-16(2)10-8-15(19)21-13-12-20-14(18)7-5-4-6-11-17;1-3-5-8(2)6-4-7(9)10;;;;/h17H,3-13H2,1-2H3;3-6H2,1-2H3,(H,9,10);4*1H4. The van der Waals surface area contributed by atoms with Crippen LogP contribution in [0.2, 0.25) is 0 Å². The molecule has 0 fully saturated rings. The van der Waals surface area contributed by atoms with Crippen molar-refractivity contribution in [3.8, 4) is 0 Å². The van der Waals surface area contributed by atoms with Crippen molar-refractivity contribution in [2.75, 3.05) is 60.1 Å². The first-order chi connectivity index (χ1) is 14.8. The van der Waals surface area contributed by atoms with Crippen LogP contribution >= 0.6 is 0 Å². The third-order valence-corrected chi connectivity index (χ3v) is 4.26. The lowest BCUT2D eigenvalue weighted by atomic mass is 10.2. The van der Waals surface area contributed by atoms with Crippen molar-refractivity contribution in [1.29, 1.82) is 0 Å². The largest absolute Gasteiger partial charge is 0.481 e. The van der Waals surface area contributed by atoms with Crippen LogP contribution in [0.15, 0.2) is 0 Å². The number of unbranched alkanes of at least 4 members (excludes halogenated alkanes) is 2. The molecule has 0 aliphatic heterocycles. The highest BCUT2D eigenvalue weighted by Gasteiger charge is 2.07. The fraction of sp³-hybridized carbons (Fsp3) is 0.885. The number of hydrogen-bond acceptors (Lipinski definition) is 8. The van der Waals surface area contributed by atoms with Crippen LogP contribution in [-0.2, 0) is 23.9 Å². The van der Waals surface area contributed by atoms with Crippen LogP contribution in [0.3, 0.4) is 0 Å². The third-order valence-electron chi connectivity index (χ3n) is 4.26. The molecule has 0 atom stereocenters. The van der Waals surface area contributed by atoms with E-state index in [1.165, 1.54) is 0 Å². The van der Waals surface area contributed by atoms with Gasteiger partial charge in [-0.2, -0.15) is 0 Å². The maximum Gasteiger partial charge on any atom is 0.307 e. The maximum atomic E-state index is 11.4. The maximum absolute atomic E-state index is 11.4. The molecule has 35 heavy (non-hydrogen) atoms. The molecule has 0 spiro atoms. The van der Waals surface area contributed by atoms with Gasteiger partial charge in [-0.25, -0.2) is 0 Å². The number of nitrogens with zero attached hydrogens (tertiary/aromatic N) is 2. The van der Waals surface area contributed by atoms with Crippen molar-refractivity contribution in [2.45, 2.75) is 94.9 Å². The Morgan fingerprint density at radius 3 is 1.49 bits per heavy atom. The number of ether oxygens (including phenoxy) is 2. The number of aliphatic hydroxyl groups excluding tert-OH is 1. The van der Waals surface area contributed by atoms with E-state index in [1.807, 2.05) is 19.0 Å². The van der Waals surface area contributed by atoms with E-state index in [1.54, 1.807) is 0 Å². The second-order valence-corrected chi connectivity index (χ2v) is 7.48. The Balaban J connectivity index is -0.000000130. The van der Waals surface area contributed by atoms with Crippen LogP contribution in [-0.4, -0.2) is 98.0 Å². The zero-order chi connectivity index (χ0) is 23.9. The fourth-order valence-corrected chi connectivity index (χ4v) is 2.57. The molecule has 0 bridgehead atoms. The summed E-state index contributed by atoms with van der Waals surface area (Å²) in [5.74, 6) is -1.27. The molecule has 2 N–H and O–H groups in total. The zero-order valence-electron chi connectivity index (χ0n) is 19.9. The lowest BCUT2D eigenvalue weighted by Crippen LogP contribution is -2.24. The smallest absolute Gasteiger partial charge is 0.307 e. The van der Waals surface area contributed by atoms with Gasteiger partial charge in [0.05, 0.1) is 12.8 Å². The summed E-state index contributed by atoms with van der Waals surface area (Å²) < 4.78 is 9.94. The van der Waals surface area contributed by atoms with Crippen LogP contribution in [0.1, 0.15) is 94.9 Å². The monoisotopic (exact) mass is 512 g/mol. The molecule has 0 aromatic rings. The number of carboxylic acid groups (broad SMARTS) is 1. The zero-order valence-corrected chi connectivity index (χ0v) is 19.9. The average molecular weight is 513 g/mol. The highest BCUT2D eigenvalue weighted by Crippen LogP contribution is 2.01. The first kappa shape index (κ1) is 46.6. The summed E-state index contributed by atoms with van der Waals surface area (Å²) in [6.07, 6.45) is 5.31. The molecule has 0 aliphatic rings. The van der Waals surface area contributed by atoms with Gasteiger partial charge in [0, 0.05) is 26.1 Å². The number of carbonyl (C=O) groups is 3. The minimum absolute atomic E-state index is 0. The van der Waals surface area contributed by atoms with E-state index in [0.29, 0.717) is 38.8 Å². The van der Waals surface area contributed by atoms with Gasteiger partial charge in [0.25, 0.3) is 0 Å². The molecule has 0 heterocycles. The topological polar surface area (TPSA) is 117 Å². The summed E-state index contributed by atoms with van der Waals surface area (Å²) in [6.45, 7) is 7.81. The van der Waals surface area contributed by atoms with Gasteiger partial charge < -0.3 is 29.5 Å². The van der Waals surface area contributed by atoms with Crippen molar-refractivity contribution in [2.24, 2.45) is 0 Å². The molecule has 0 rings (SSSR count). The minimum Gasteiger partial charge on any atom is -0.481 e. The molecular formula is C26H60N2O7. The van der Waals surface area contributed by atoms with Gasteiger partial charge in [0.2, 0.25) is 0 Å². The van der Waals surface area contributed by atoms with Crippen LogP contribution < -0.4 is 0 Å². The highest BCUT2D eigenvalue weighted by molar-refractivity contribution is 5.70. The van der Waals surface area contributed by atoms with Crippen LogP contribution in [0, 0.1) is 0 Å². The lowest BCUT2D eigenvalue weighted by Gasteiger charge is -2.14. The fourth-order valence-electron chi connectivity index (χ4n) is 2.57. The predicted molar refractivity (Wildman–Crippen MR) is 147 cm³/mol. The second kappa shape index (κ2) is 34.5. The molecular weight excluding hydrogens is 452 g/mol. The van der Waals surface area contributed by atoms with Gasteiger partial charge in [-0.1, -0.05) is 50.0 Å². The summed E-state index contributed by atoms with van der Waals surface area (Å²) in [6, 6.07) is 0. The molecule has 0 unspecified atom stereocenters. The van der Waals surface area contributed by atoms with Gasteiger partial charge in [0.1, 0.15) is 13.2 Å². The Bertz CT molecular complexity index is 463. The van der Waals surface area contributed by atoms with Crippen molar-refractivity contribution in [3.05, 3.63) is 0 Å². The molecule has 9 nitrogen and oxygen atoms in total. The quantitative estimate of drug-likeness (QED) is 0.199. The first-order valence-electron chi connectivity index (χ1n) is 11.3. The summed E-state index contributed by atoms with van der Waals surface area (Å²) >= 11 is 0. The van der Waals surface area contributed by atoms with Gasteiger partial charge >= 0.3 is 17.9 Å². The molecule has 0 radical (unpaired) electrons. The Morgan fingerprint density at radius 2 is 1.09 bits per heavy atom. The van der Waals surface area contributed by atoms with E-state index in [4.69, 9.17) is 19.7 Å². The third kappa shape index (κ3) is 39.8. The molecule has 0 amide bonds. The molecule has 9 heteroatoms. The summed E-state index contributed by atoms with van der Waals surface area (Å²) in [5, 5.41) is 16.9. The van der Waals surface area contributed by atoms with Gasteiger partial charge in [0.15, 0.2) is 0 Å². The number of aliphatic carboxylic acids is 1. The number of rotatable bonds is 18. The van der Waals surface area contributed by atoms with E-state index in [2.05, 4.69) is 18.7 Å². The van der Waals surface area contributed by atoms with Crippen LogP contribution in [0.25, 0.3) is 0 Å². The number of carboxylic acids is 1. The molecule has 0 saturated heterocycles. The second-order valence-electron chi connectivity index (χ2n) is 7.48. The lowest BCUT2D eigenvalue weighted by molar-refractivity contribution is -0.152. The van der Waals surface area contributed by atoms with E-state index in [9.17, 15) is 14.4 Å². The average Bonchev–Trinajstić information content (AvgIpc) is 2.72. The summed E-state index contributed by atoms with van der Waals surface area (Å²) in [4.78, 5) is 36.9. The summed E-state index contributed by atoms with van der Waals surface area (Å²) in [5.41, 5.74) is 0. The van der Waals surface area contributed by atoms with E-state index < -0.39 is 5.97 Å². The first-order valence-corrected chi connectivity index (χ1v) is 11.3. The number of carbonyl (C=O) groups excluding carboxylic acids is 2. The van der Waals surface area contributed by atoms with Gasteiger partial charge in [-0.15, -0.1) is 0 Å². The Kier molecular flexibility index (Phi) is 45.9. The van der Waals surface area contributed by atoms with Crippen molar-refractivity contribution in [1.82, 2.24) is 9.80 Å². The van der Waals surface area contributed by atoms with E-state index >= 15 is 0 Å². The Morgan fingerprint density at radius 1 is 0.657 bits per heavy atom. The number of esters is 2. The van der Waals surface area contributed by atoms with Crippen LogP contribution in [0.4, 0.5) is 0 Å². The van der Waals surface area contributed by atoms with E-state index in [0.717, 1.165) is 32.4 Å². The Labute approximate surface area is 217 Å². The molecule has 0 aliphatic carbocycles. The highest BCUT2D eigenvalue weighted by atomic mass is 16.6. The van der Waals surface area contributed by atoms with Crippen molar-refractivity contribution in [3.63, 3.8) is 0 Å². The van der Waals surface area contributed by atoms with Crippen LogP contribution in [0.5, 0.6) is 0 Å². The van der Waals surface area contributed by atoms with Crippen molar-refractivity contribution < 1.29 is 34.1 Å². The summed E-state index contributed by atoms with van der Waals surface area (Å²) in [7, 11) is 3.90. The number of aliphatic hydroxyl groups is 1. The predicted octanol–water partition coefficient (Wildman–Crippen LogP) is 4.70. The van der Waals surface area contributed by atoms with Crippen molar-refractivity contribution >= 4 is 17.9 Å². The molecule has 0 aromatic carbocycles. The van der Waals surface area contributed by atoms with Gasteiger partial charge in [-0.05, 0) is 52.9 Å². The molecule has 0 saturated carbocycles. The number of hydrogen-bond donors (Lipinski definition) is 2.